The largest absolute Gasteiger partial charge is 0.352 e. The lowest BCUT2D eigenvalue weighted by atomic mass is 10.1. The number of quaternary nitrogens is 1. The number of carbonyl (C=O) groups is 2. The van der Waals surface area contributed by atoms with Crippen LogP contribution in [0.4, 0.5) is 0 Å². The number of unbranched alkanes of at least 4 members (excludes halogenated alkanes) is 22. The van der Waals surface area contributed by atoms with Gasteiger partial charge < -0.3 is 0 Å². The quantitative estimate of drug-likeness (QED) is 0.0393. The maximum absolute atomic E-state index is 13.3. The van der Waals surface area contributed by atoms with Crippen LogP contribution in [0.15, 0.2) is 24.3 Å². The van der Waals surface area contributed by atoms with Gasteiger partial charge >= 0.3 is 31.9 Å². The predicted molar refractivity (Wildman–Crippen MR) is 199 cm³/mol. The minimum absolute atomic E-state index is 0.254. The molecule has 0 unspecified atom stereocenters. The molecular formula is C38H72NO6S2+. The van der Waals surface area contributed by atoms with Crippen LogP contribution in [-0.4, -0.2) is 44.5 Å². The van der Waals surface area contributed by atoms with E-state index in [1.807, 2.05) is 0 Å². The summed E-state index contributed by atoms with van der Waals surface area (Å²) in [5, 5.41) is 0. The van der Waals surface area contributed by atoms with Crippen LogP contribution in [0.3, 0.4) is 0 Å². The maximum Gasteiger partial charge on any atom is 0.352 e. The Morgan fingerprint density at radius 2 is 0.638 bits per heavy atom. The average Bonchev–Trinajstić information content (AvgIpc) is 2.99. The molecule has 0 aliphatic heterocycles. The molecule has 0 aliphatic rings. The third kappa shape index (κ3) is 20.7. The molecule has 0 aromatic rings. The molecule has 0 rings (SSSR count). The van der Waals surface area contributed by atoms with Crippen molar-refractivity contribution in [3.05, 3.63) is 24.3 Å². The second kappa shape index (κ2) is 28.5. The van der Waals surface area contributed by atoms with Gasteiger partial charge in [0.05, 0.1) is 25.4 Å². The minimum atomic E-state index is -4.59. The van der Waals surface area contributed by atoms with Crippen molar-refractivity contribution < 1.29 is 29.7 Å². The van der Waals surface area contributed by atoms with E-state index in [0.717, 1.165) is 64.2 Å². The SMILES string of the molecule is CCCCCCCCC=CCCCCCCCC(=O)[N+](C(=O)CCCCCCCC=CCCCCCCCC)(S(C)(=O)=O)S(C)(=O)=O. The van der Waals surface area contributed by atoms with Crippen LogP contribution in [0.1, 0.15) is 194 Å². The molecule has 9 heteroatoms. The predicted octanol–water partition coefficient (Wildman–Crippen LogP) is 10.9. The molecule has 0 fully saturated rings. The Bertz CT molecular complexity index is 993. The summed E-state index contributed by atoms with van der Waals surface area (Å²) in [5.41, 5.74) is 0. The van der Waals surface area contributed by atoms with Gasteiger partial charge in [-0.15, -0.1) is 0 Å². The summed E-state index contributed by atoms with van der Waals surface area (Å²) in [5.74, 6) is -2.10. The van der Waals surface area contributed by atoms with E-state index in [1.165, 1.54) is 77.0 Å². The maximum atomic E-state index is 13.3. The zero-order valence-electron chi connectivity index (χ0n) is 30.8. The number of carbonyl (C=O) groups excluding carboxylic acids is 2. The highest BCUT2D eigenvalue weighted by Gasteiger charge is 2.60. The van der Waals surface area contributed by atoms with Crippen molar-refractivity contribution in [2.24, 2.45) is 0 Å². The molecule has 276 valence electrons. The molecule has 47 heavy (non-hydrogen) atoms. The molecule has 0 N–H and O–H groups in total. The first-order valence-electron chi connectivity index (χ1n) is 19.1. The highest BCUT2D eigenvalue weighted by molar-refractivity contribution is 7.98. The number of nitrogens with zero attached hydrogens (tertiary/aromatic N) is 1. The Kier molecular flexibility index (Phi) is 27.7. The van der Waals surface area contributed by atoms with Crippen molar-refractivity contribution in [1.29, 1.82) is 0 Å². The Balaban J connectivity index is 4.48. The van der Waals surface area contributed by atoms with Gasteiger partial charge in [0.25, 0.3) is 0 Å². The Morgan fingerprint density at radius 3 is 0.894 bits per heavy atom. The first kappa shape index (κ1) is 45.7. The van der Waals surface area contributed by atoms with E-state index in [4.69, 9.17) is 0 Å². The molecule has 0 atom stereocenters. The lowest BCUT2D eigenvalue weighted by Crippen LogP contribution is -2.63. The molecule has 0 heterocycles. The van der Waals surface area contributed by atoms with Crippen molar-refractivity contribution in [3.63, 3.8) is 0 Å². The van der Waals surface area contributed by atoms with Gasteiger partial charge in [-0.25, -0.2) is 9.59 Å². The fourth-order valence-electron chi connectivity index (χ4n) is 6.11. The molecule has 2 amide bonds. The minimum Gasteiger partial charge on any atom is -0.228 e. The first-order chi connectivity index (χ1) is 22.5. The highest BCUT2D eigenvalue weighted by Crippen LogP contribution is 2.27. The topological polar surface area (TPSA) is 102 Å². The van der Waals surface area contributed by atoms with Crippen LogP contribution in [-0.2, 0) is 29.6 Å². The number of imide groups is 1. The van der Waals surface area contributed by atoms with Gasteiger partial charge in [-0.1, -0.05) is 141 Å². The van der Waals surface area contributed by atoms with Gasteiger partial charge in [0.2, 0.25) is 0 Å². The van der Waals surface area contributed by atoms with Crippen molar-refractivity contribution in [3.8, 4) is 0 Å². The summed E-state index contributed by atoms with van der Waals surface area (Å²) in [4.78, 5) is 26.5. The summed E-state index contributed by atoms with van der Waals surface area (Å²) in [6.45, 7) is 4.46. The smallest absolute Gasteiger partial charge is 0.228 e. The average molecular weight is 703 g/mol. The fourth-order valence-corrected chi connectivity index (χ4v) is 9.93. The summed E-state index contributed by atoms with van der Waals surface area (Å²) < 4.78 is 49.3. The molecule has 0 aromatic heterocycles. The van der Waals surface area contributed by atoms with Gasteiger partial charge in [-0.2, -0.15) is 16.8 Å². The normalized spacial score (nSPS) is 12.9. The number of allylic oxidation sites excluding steroid dienone is 4. The molecule has 0 spiro atoms. The molecule has 0 aromatic carbocycles. The summed E-state index contributed by atoms with van der Waals surface area (Å²) in [7, 11) is -9.18. The van der Waals surface area contributed by atoms with Crippen LogP contribution >= 0.6 is 0 Å². The van der Waals surface area contributed by atoms with E-state index >= 15 is 0 Å². The lowest BCUT2D eigenvalue weighted by Gasteiger charge is -2.27. The molecule has 0 radical (unpaired) electrons. The Hall–Kier alpha value is -1.32. The van der Waals surface area contributed by atoms with E-state index in [0.29, 0.717) is 38.2 Å². The summed E-state index contributed by atoms with van der Waals surface area (Å²) in [6.07, 6.45) is 37.7. The zero-order chi connectivity index (χ0) is 35.3. The molecule has 7 nitrogen and oxygen atoms in total. The van der Waals surface area contributed by atoms with E-state index < -0.39 is 35.2 Å². The van der Waals surface area contributed by atoms with Crippen molar-refractivity contribution >= 4 is 31.9 Å². The van der Waals surface area contributed by atoms with Gasteiger partial charge in [0.1, 0.15) is 0 Å². The third-order valence-electron chi connectivity index (χ3n) is 8.90. The standard InChI is InChI=1S/C38H72NO6S2/c1-5-7-9-11-13-15-17-19-21-23-25-27-29-31-33-35-37(40)39(46(3,42)43,47(4,44)45)38(41)36-34-32-30-28-26-24-22-20-18-16-14-12-10-8-6-2/h19-22H,5-18,23-36H2,1-4H3/q+1. The highest BCUT2D eigenvalue weighted by atomic mass is 32.3. The zero-order valence-corrected chi connectivity index (χ0v) is 32.5. The number of amides is 2. The Labute approximate surface area is 291 Å². The van der Waals surface area contributed by atoms with E-state index in [9.17, 15) is 26.4 Å². The monoisotopic (exact) mass is 702 g/mol. The lowest BCUT2D eigenvalue weighted by molar-refractivity contribution is -0.512. The van der Waals surface area contributed by atoms with Crippen LogP contribution in [0.25, 0.3) is 0 Å². The number of hydrogen-bond acceptors (Lipinski definition) is 6. The first-order valence-corrected chi connectivity index (χ1v) is 22.8. The van der Waals surface area contributed by atoms with E-state index in [1.54, 1.807) is 0 Å². The van der Waals surface area contributed by atoms with Crippen LogP contribution < -0.4 is 0 Å². The summed E-state index contributed by atoms with van der Waals surface area (Å²) in [6, 6.07) is 0. The Morgan fingerprint density at radius 1 is 0.404 bits per heavy atom. The van der Waals surface area contributed by atoms with Crippen LogP contribution in [0, 0.1) is 0 Å². The molecule has 0 aliphatic carbocycles. The van der Waals surface area contributed by atoms with Gasteiger partial charge in [0, 0.05) is 3.29 Å². The molecule has 0 saturated heterocycles. The number of hydrogen-bond donors (Lipinski definition) is 0. The van der Waals surface area contributed by atoms with Crippen molar-refractivity contribution in [2.75, 3.05) is 12.5 Å². The van der Waals surface area contributed by atoms with Gasteiger partial charge in [0.15, 0.2) is 0 Å². The van der Waals surface area contributed by atoms with Gasteiger partial charge in [-0.3, -0.25) is 0 Å². The number of sulfonamides is 2. The van der Waals surface area contributed by atoms with E-state index in [-0.39, 0.29) is 12.8 Å². The summed E-state index contributed by atoms with van der Waals surface area (Å²) >= 11 is 0. The van der Waals surface area contributed by atoms with E-state index in [2.05, 4.69) is 38.2 Å². The second-order valence-corrected chi connectivity index (χ2v) is 17.7. The van der Waals surface area contributed by atoms with Crippen molar-refractivity contribution in [1.82, 2.24) is 0 Å². The van der Waals surface area contributed by atoms with Crippen LogP contribution in [0.2, 0.25) is 0 Å². The second-order valence-electron chi connectivity index (χ2n) is 13.5. The molecular weight excluding hydrogens is 631 g/mol. The third-order valence-corrected chi connectivity index (χ3v) is 13.2. The molecule has 0 saturated carbocycles. The van der Waals surface area contributed by atoms with Crippen LogP contribution in [0.5, 0.6) is 0 Å². The molecule has 0 bridgehead atoms. The van der Waals surface area contributed by atoms with Gasteiger partial charge in [-0.05, 0) is 64.2 Å². The van der Waals surface area contributed by atoms with Crippen molar-refractivity contribution in [2.45, 2.75) is 194 Å². The fraction of sp³-hybridized carbons (Fsp3) is 0.842. The number of rotatable bonds is 32.